The summed E-state index contributed by atoms with van der Waals surface area (Å²) in [5, 5.41) is 17.1. The highest BCUT2D eigenvalue weighted by atomic mass is 19.4. The molecule has 1 aliphatic rings. The molecule has 1 aliphatic heterocycles. The molecule has 41 heavy (non-hydrogen) atoms. The number of carbonyl (C=O) groups is 1. The van der Waals surface area contributed by atoms with Crippen LogP contribution in [0.5, 0.6) is 5.88 Å². The van der Waals surface area contributed by atoms with Gasteiger partial charge in [0.15, 0.2) is 5.69 Å². The lowest BCUT2D eigenvalue weighted by atomic mass is 9.95. The van der Waals surface area contributed by atoms with E-state index < -0.39 is 83.7 Å². The molecule has 4 heterocycles. The third kappa shape index (κ3) is 6.31. The fourth-order valence-corrected chi connectivity index (χ4v) is 4.12. The molecule has 10 nitrogen and oxygen atoms in total. The maximum absolute atomic E-state index is 14.0. The number of hydrogen-bond donors (Lipinski definition) is 2. The molecular formula is C23H20F8N6O4. The number of alkyl halides is 8. The minimum atomic E-state index is -5.26. The Morgan fingerprint density at radius 3 is 2.49 bits per heavy atom. The second-order valence-corrected chi connectivity index (χ2v) is 9.01. The van der Waals surface area contributed by atoms with Crippen LogP contribution in [0.15, 0.2) is 28.8 Å². The number of carbonyl (C=O) groups excluding carboxylic acids is 1. The van der Waals surface area contributed by atoms with Gasteiger partial charge in [0.1, 0.15) is 5.69 Å². The number of halogens is 8. The van der Waals surface area contributed by atoms with Crippen LogP contribution in [0.1, 0.15) is 53.2 Å². The molecule has 0 spiro atoms. The van der Waals surface area contributed by atoms with Crippen molar-refractivity contribution in [1.29, 1.82) is 0 Å². The molecule has 0 aromatic carbocycles. The second kappa shape index (κ2) is 11.1. The molecule has 222 valence electrons. The lowest BCUT2D eigenvalue weighted by Gasteiger charge is -2.27. The number of hydrogen-bond acceptors (Lipinski definition) is 9. The number of aliphatic hydroxyl groups is 1. The maximum Gasteiger partial charge on any atom is 0.426 e. The minimum Gasteiger partial charge on any atom is -0.417 e. The SMILES string of the molecule is Nc1cc(C(F)(F)F)c2nc1-c1nnc(o1)[C@@](O)(C(F)(F)F)CCCCCN(Cc1ccnc(OC(F)F)c1)C2=O. The highest BCUT2D eigenvalue weighted by Crippen LogP contribution is 2.43. The predicted molar refractivity (Wildman–Crippen MR) is 121 cm³/mol. The average molecular weight is 596 g/mol. The lowest BCUT2D eigenvalue weighted by Crippen LogP contribution is -2.42. The normalized spacial score (nSPS) is 18.9. The van der Waals surface area contributed by atoms with Gasteiger partial charge in [0.2, 0.25) is 11.5 Å². The lowest BCUT2D eigenvalue weighted by molar-refractivity contribution is -0.277. The van der Waals surface area contributed by atoms with E-state index >= 15 is 0 Å². The quantitative estimate of drug-likeness (QED) is 0.411. The summed E-state index contributed by atoms with van der Waals surface area (Å²) < 4.78 is 118. The predicted octanol–water partition coefficient (Wildman–Crippen LogP) is 4.70. The highest BCUT2D eigenvalue weighted by molar-refractivity contribution is 5.95. The summed E-state index contributed by atoms with van der Waals surface area (Å²) in [6.45, 7) is -3.94. The summed E-state index contributed by atoms with van der Waals surface area (Å²) in [5.41, 5.74) is -1.95. The Balaban J connectivity index is 1.83. The third-order valence-corrected chi connectivity index (χ3v) is 6.15. The Morgan fingerprint density at radius 2 is 1.83 bits per heavy atom. The Hall–Kier alpha value is -4.09. The standard InChI is InChI=1S/C23H20F8N6O4/c24-20(25)40-14-8-11(4-6-33-14)10-37-7-3-1-2-5-21(39,23(29,30)31)19-36-35-17(41-19)16-13(32)9-12(22(26,27)28)15(34-16)18(37)38/h4,6,8-9,20,39H,1-3,5,7,10,32H2/t21-/m1/s1. The Bertz CT molecular complexity index is 1410. The first-order chi connectivity index (χ1) is 19.1. The molecule has 0 unspecified atom stereocenters. The van der Waals surface area contributed by atoms with Gasteiger partial charge in [-0.2, -0.15) is 35.1 Å². The molecule has 0 saturated carbocycles. The Morgan fingerprint density at radius 1 is 1.10 bits per heavy atom. The topological polar surface area (TPSA) is 140 Å². The molecular weight excluding hydrogens is 576 g/mol. The van der Waals surface area contributed by atoms with E-state index in [1.54, 1.807) is 0 Å². The van der Waals surface area contributed by atoms with Crippen LogP contribution in [-0.4, -0.2) is 55.4 Å². The first-order valence-corrected chi connectivity index (χ1v) is 11.8. The van der Waals surface area contributed by atoms with Crippen molar-refractivity contribution in [3.63, 3.8) is 0 Å². The van der Waals surface area contributed by atoms with Crippen molar-refractivity contribution in [3.05, 3.63) is 47.1 Å². The van der Waals surface area contributed by atoms with Crippen molar-refractivity contribution in [3.8, 4) is 17.5 Å². The number of fused-ring (bicyclic) bond motifs is 5. The largest absolute Gasteiger partial charge is 0.426 e. The number of anilines is 1. The number of aromatic nitrogens is 4. The van der Waals surface area contributed by atoms with Crippen LogP contribution >= 0.6 is 0 Å². The van der Waals surface area contributed by atoms with Gasteiger partial charge in [0.25, 0.3) is 17.7 Å². The van der Waals surface area contributed by atoms with E-state index in [-0.39, 0.29) is 31.4 Å². The van der Waals surface area contributed by atoms with E-state index in [2.05, 4.69) is 24.9 Å². The average Bonchev–Trinajstić information content (AvgIpc) is 3.36. The van der Waals surface area contributed by atoms with Gasteiger partial charge in [-0.25, -0.2) is 9.97 Å². The van der Waals surface area contributed by atoms with Gasteiger partial charge in [-0.3, -0.25) is 4.79 Å². The van der Waals surface area contributed by atoms with Crippen molar-refractivity contribution in [2.75, 3.05) is 12.3 Å². The summed E-state index contributed by atoms with van der Waals surface area (Å²) >= 11 is 0. The molecule has 1 atom stereocenters. The number of rotatable bonds is 4. The monoisotopic (exact) mass is 596 g/mol. The Kier molecular flexibility index (Phi) is 8.06. The fourth-order valence-electron chi connectivity index (χ4n) is 4.12. The third-order valence-electron chi connectivity index (χ3n) is 6.15. The van der Waals surface area contributed by atoms with Gasteiger partial charge >= 0.3 is 19.0 Å². The number of amides is 1. The first-order valence-electron chi connectivity index (χ1n) is 11.8. The van der Waals surface area contributed by atoms with Gasteiger partial charge in [0.05, 0.1) is 11.3 Å². The second-order valence-electron chi connectivity index (χ2n) is 9.01. The minimum absolute atomic E-state index is 0.0220. The summed E-state index contributed by atoms with van der Waals surface area (Å²) in [4.78, 5) is 21.7. The van der Waals surface area contributed by atoms with Crippen LogP contribution in [0.4, 0.5) is 40.8 Å². The van der Waals surface area contributed by atoms with Gasteiger partial charge in [-0.1, -0.05) is 6.42 Å². The number of nitrogen functional groups attached to an aromatic ring is 1. The zero-order chi connectivity index (χ0) is 30.2. The zero-order valence-electron chi connectivity index (χ0n) is 20.6. The molecule has 0 fully saturated rings. The van der Waals surface area contributed by atoms with E-state index in [0.717, 1.165) is 17.2 Å². The molecule has 0 aliphatic carbocycles. The van der Waals surface area contributed by atoms with E-state index in [4.69, 9.17) is 10.2 Å². The number of ether oxygens (including phenoxy) is 1. The number of pyridine rings is 2. The van der Waals surface area contributed by atoms with Crippen LogP contribution in [-0.2, 0) is 18.3 Å². The van der Waals surface area contributed by atoms with Crippen molar-refractivity contribution < 1.29 is 54.2 Å². The number of nitrogens with two attached hydrogens (primary N) is 1. The van der Waals surface area contributed by atoms with Gasteiger partial charge < -0.3 is 24.9 Å². The summed E-state index contributed by atoms with van der Waals surface area (Å²) in [5.74, 6) is -3.91. The summed E-state index contributed by atoms with van der Waals surface area (Å²) in [6.07, 6.45) is -10.6. The smallest absolute Gasteiger partial charge is 0.417 e. The molecule has 1 amide bonds. The Labute approximate surface area is 225 Å². The van der Waals surface area contributed by atoms with E-state index in [0.29, 0.717) is 6.07 Å². The van der Waals surface area contributed by atoms with Crippen LogP contribution < -0.4 is 10.5 Å². The molecule has 18 heteroatoms. The van der Waals surface area contributed by atoms with Crippen molar-refractivity contribution in [1.82, 2.24) is 25.1 Å². The number of nitrogens with zero attached hydrogens (tertiary/aromatic N) is 5. The summed E-state index contributed by atoms with van der Waals surface area (Å²) in [7, 11) is 0. The zero-order valence-corrected chi connectivity index (χ0v) is 20.6. The maximum atomic E-state index is 14.0. The first kappa shape index (κ1) is 29.9. The summed E-state index contributed by atoms with van der Waals surface area (Å²) in [6, 6.07) is 2.69. The van der Waals surface area contributed by atoms with Gasteiger partial charge in [0, 0.05) is 25.4 Å². The fraction of sp³-hybridized carbons (Fsp3) is 0.435. The molecule has 0 radical (unpaired) electrons. The van der Waals surface area contributed by atoms with Crippen LogP contribution in [0.25, 0.3) is 11.6 Å². The van der Waals surface area contributed by atoms with Crippen molar-refractivity contribution in [2.24, 2.45) is 0 Å². The van der Waals surface area contributed by atoms with Crippen LogP contribution in [0.2, 0.25) is 0 Å². The van der Waals surface area contributed by atoms with Crippen molar-refractivity contribution >= 4 is 11.6 Å². The molecule has 4 bridgehead atoms. The van der Waals surface area contributed by atoms with Gasteiger partial charge in [-0.05, 0) is 37.0 Å². The van der Waals surface area contributed by atoms with E-state index in [1.165, 1.54) is 6.07 Å². The van der Waals surface area contributed by atoms with Crippen LogP contribution in [0, 0.1) is 0 Å². The van der Waals surface area contributed by atoms with Crippen LogP contribution in [0.3, 0.4) is 0 Å². The van der Waals surface area contributed by atoms with E-state index in [9.17, 15) is 45.0 Å². The molecule has 3 aromatic heterocycles. The molecule has 0 saturated heterocycles. The van der Waals surface area contributed by atoms with Gasteiger partial charge in [-0.15, -0.1) is 10.2 Å². The van der Waals surface area contributed by atoms with E-state index in [1.807, 2.05) is 0 Å². The molecule has 3 N–H and O–H groups in total. The molecule has 3 aromatic rings. The van der Waals surface area contributed by atoms with Crippen molar-refractivity contribution in [2.45, 2.75) is 56.8 Å². The highest BCUT2D eigenvalue weighted by Gasteiger charge is 2.58. The molecule has 4 rings (SSSR count).